The summed E-state index contributed by atoms with van der Waals surface area (Å²) in [4.78, 5) is 11.1. The van der Waals surface area contributed by atoms with Crippen molar-refractivity contribution in [3.63, 3.8) is 0 Å². The second kappa shape index (κ2) is 7.00. The van der Waals surface area contributed by atoms with Gasteiger partial charge in [-0.2, -0.15) is 0 Å². The fraction of sp³-hybridized carbons (Fsp3) is 0.217. The van der Waals surface area contributed by atoms with Gasteiger partial charge in [0.25, 0.3) is 0 Å². The number of carboxylic acids is 1. The number of methoxy groups -OCH3 is 1. The lowest BCUT2D eigenvalue weighted by Crippen LogP contribution is -2.35. The van der Waals surface area contributed by atoms with Gasteiger partial charge in [-0.3, -0.25) is 0 Å². The van der Waals surface area contributed by atoms with E-state index in [0.717, 1.165) is 23.4 Å². The lowest BCUT2D eigenvalue weighted by Gasteiger charge is -2.10. The molecule has 4 aromatic rings. The van der Waals surface area contributed by atoms with E-state index in [1.54, 1.807) is 19.2 Å². The molecule has 0 aliphatic carbocycles. The van der Waals surface area contributed by atoms with Crippen LogP contribution in [-0.2, 0) is 13.1 Å². The van der Waals surface area contributed by atoms with Gasteiger partial charge in [-0.1, -0.05) is 12.1 Å². The van der Waals surface area contributed by atoms with E-state index in [1.165, 1.54) is 22.0 Å². The molecule has 0 saturated heterocycles. The van der Waals surface area contributed by atoms with E-state index in [2.05, 4.69) is 47.4 Å². The van der Waals surface area contributed by atoms with Gasteiger partial charge in [0, 0.05) is 36.4 Å². The fourth-order valence-electron chi connectivity index (χ4n) is 3.90. The Labute approximate surface area is 163 Å². The molecular formula is C23H23N2O3+. The Morgan fingerprint density at radius 1 is 1.11 bits per heavy atom. The summed E-state index contributed by atoms with van der Waals surface area (Å²) in [5.74, 6) is -0.0909. The van der Waals surface area contributed by atoms with Crippen molar-refractivity contribution >= 4 is 27.8 Å². The van der Waals surface area contributed by atoms with Crippen molar-refractivity contribution in [2.75, 3.05) is 7.11 Å². The van der Waals surface area contributed by atoms with Gasteiger partial charge >= 0.3 is 5.97 Å². The number of nitrogens with zero attached hydrogens (tertiary/aromatic N) is 2. The summed E-state index contributed by atoms with van der Waals surface area (Å²) in [5, 5.41) is 11.5. The summed E-state index contributed by atoms with van der Waals surface area (Å²) in [6.45, 7) is 5.84. The predicted octanol–water partition coefficient (Wildman–Crippen LogP) is 4.17. The molecule has 4 rings (SSSR count). The minimum absolute atomic E-state index is 0.299. The standard InChI is InChI=1S/C23H22N2O3/c1-4-24-12-11-20-19-10-9-18(28-3)13-21(19)25(22(20)15(24)2)14-16-5-7-17(8-6-16)23(26)27/h5-13H,4,14H2,1-3H3/p+1. The molecule has 0 fully saturated rings. The first kappa shape index (κ1) is 18.0. The molecule has 1 N–H and O–H groups in total. The van der Waals surface area contributed by atoms with Crippen LogP contribution in [0.3, 0.4) is 0 Å². The van der Waals surface area contributed by atoms with Gasteiger partial charge in [-0.25, -0.2) is 9.36 Å². The molecule has 0 bridgehead atoms. The number of rotatable bonds is 5. The molecule has 2 aromatic heterocycles. The van der Waals surface area contributed by atoms with Gasteiger partial charge in [0.2, 0.25) is 5.69 Å². The van der Waals surface area contributed by atoms with Crippen LogP contribution >= 0.6 is 0 Å². The molecule has 2 heterocycles. The highest BCUT2D eigenvalue weighted by molar-refractivity contribution is 6.08. The molecule has 0 unspecified atom stereocenters. The van der Waals surface area contributed by atoms with Gasteiger partial charge in [-0.15, -0.1) is 0 Å². The van der Waals surface area contributed by atoms with Gasteiger partial charge in [0.15, 0.2) is 6.20 Å². The molecule has 0 amide bonds. The van der Waals surface area contributed by atoms with E-state index in [0.29, 0.717) is 12.1 Å². The normalized spacial score (nSPS) is 11.2. The number of carboxylic acid groups (broad SMARTS) is 1. The van der Waals surface area contributed by atoms with Crippen LogP contribution in [0.15, 0.2) is 54.7 Å². The van der Waals surface area contributed by atoms with Crippen LogP contribution in [0.5, 0.6) is 5.75 Å². The number of hydrogen-bond donors (Lipinski definition) is 1. The zero-order valence-electron chi connectivity index (χ0n) is 16.3. The smallest absolute Gasteiger partial charge is 0.335 e. The van der Waals surface area contributed by atoms with Gasteiger partial charge in [0.1, 0.15) is 17.8 Å². The van der Waals surface area contributed by atoms with E-state index in [-0.39, 0.29) is 0 Å². The molecule has 28 heavy (non-hydrogen) atoms. The third-order valence-corrected chi connectivity index (χ3v) is 5.39. The second-order valence-electron chi connectivity index (χ2n) is 6.92. The summed E-state index contributed by atoms with van der Waals surface area (Å²) < 4.78 is 9.99. The van der Waals surface area contributed by atoms with E-state index >= 15 is 0 Å². The number of benzene rings is 2. The van der Waals surface area contributed by atoms with Crippen LogP contribution in [0, 0.1) is 6.92 Å². The SMILES string of the molecule is CC[n+]1ccc2c3ccc(OC)cc3n(Cc3ccc(C(=O)O)cc3)c2c1C. The molecule has 2 aromatic carbocycles. The van der Waals surface area contributed by atoms with Gasteiger partial charge in [-0.05, 0) is 36.8 Å². The highest BCUT2D eigenvalue weighted by Crippen LogP contribution is 2.33. The first-order valence-corrected chi connectivity index (χ1v) is 9.34. The maximum absolute atomic E-state index is 11.1. The number of ether oxygens (including phenoxy) is 1. The lowest BCUT2D eigenvalue weighted by atomic mass is 10.1. The number of fused-ring (bicyclic) bond motifs is 3. The third-order valence-electron chi connectivity index (χ3n) is 5.39. The number of aromatic nitrogens is 2. The maximum atomic E-state index is 11.1. The van der Waals surface area contributed by atoms with Crippen molar-refractivity contribution in [2.45, 2.75) is 26.9 Å². The Bertz CT molecular complexity index is 1190. The number of aromatic carboxylic acids is 1. The van der Waals surface area contributed by atoms with Crippen molar-refractivity contribution in [3.8, 4) is 5.75 Å². The highest BCUT2D eigenvalue weighted by Gasteiger charge is 2.19. The molecule has 0 radical (unpaired) electrons. The Balaban J connectivity index is 1.96. The van der Waals surface area contributed by atoms with E-state index in [9.17, 15) is 4.79 Å². The lowest BCUT2D eigenvalue weighted by molar-refractivity contribution is -0.698. The van der Waals surface area contributed by atoms with E-state index in [1.807, 2.05) is 18.2 Å². The van der Waals surface area contributed by atoms with Crippen LogP contribution in [0.25, 0.3) is 21.8 Å². The largest absolute Gasteiger partial charge is 0.497 e. The third kappa shape index (κ3) is 2.89. The van der Waals surface area contributed by atoms with Crippen molar-refractivity contribution in [1.82, 2.24) is 4.57 Å². The number of carbonyl (C=O) groups is 1. The molecule has 0 aliphatic heterocycles. The van der Waals surface area contributed by atoms with Crippen LogP contribution in [0.2, 0.25) is 0 Å². The monoisotopic (exact) mass is 375 g/mol. The summed E-state index contributed by atoms with van der Waals surface area (Å²) in [7, 11) is 1.68. The van der Waals surface area contributed by atoms with Gasteiger partial charge < -0.3 is 14.4 Å². The van der Waals surface area contributed by atoms with Crippen LogP contribution < -0.4 is 9.30 Å². The second-order valence-corrected chi connectivity index (χ2v) is 6.92. The van der Waals surface area contributed by atoms with Crippen LogP contribution in [0.1, 0.15) is 28.5 Å². The minimum atomic E-state index is -0.909. The zero-order valence-corrected chi connectivity index (χ0v) is 16.3. The maximum Gasteiger partial charge on any atom is 0.335 e. The number of pyridine rings is 1. The number of aryl methyl sites for hydroxylation is 2. The molecule has 0 saturated carbocycles. The summed E-state index contributed by atoms with van der Waals surface area (Å²) in [5.41, 5.74) is 4.85. The molecular weight excluding hydrogens is 352 g/mol. The first-order valence-electron chi connectivity index (χ1n) is 9.34. The van der Waals surface area contributed by atoms with Crippen molar-refractivity contribution < 1.29 is 19.2 Å². The average molecular weight is 375 g/mol. The van der Waals surface area contributed by atoms with E-state index in [4.69, 9.17) is 9.84 Å². The molecule has 5 nitrogen and oxygen atoms in total. The zero-order chi connectivity index (χ0) is 19.8. The molecule has 0 spiro atoms. The fourth-order valence-corrected chi connectivity index (χ4v) is 3.90. The van der Waals surface area contributed by atoms with Crippen LogP contribution in [-0.4, -0.2) is 22.8 Å². The van der Waals surface area contributed by atoms with Crippen molar-refractivity contribution in [2.24, 2.45) is 0 Å². The quantitative estimate of drug-likeness (QED) is 0.533. The van der Waals surface area contributed by atoms with E-state index < -0.39 is 5.97 Å². The summed E-state index contributed by atoms with van der Waals surface area (Å²) in [6, 6.07) is 15.4. The Morgan fingerprint density at radius 2 is 1.86 bits per heavy atom. The molecule has 5 heteroatoms. The highest BCUT2D eigenvalue weighted by atomic mass is 16.5. The predicted molar refractivity (Wildman–Crippen MR) is 109 cm³/mol. The van der Waals surface area contributed by atoms with Gasteiger partial charge in [0.05, 0.1) is 18.2 Å². The summed E-state index contributed by atoms with van der Waals surface area (Å²) in [6.07, 6.45) is 2.13. The molecule has 142 valence electrons. The summed E-state index contributed by atoms with van der Waals surface area (Å²) >= 11 is 0. The first-order chi connectivity index (χ1) is 13.5. The Hall–Kier alpha value is -3.34. The van der Waals surface area contributed by atoms with Crippen LogP contribution in [0.4, 0.5) is 0 Å². The Kier molecular flexibility index (Phi) is 4.51. The molecule has 0 atom stereocenters. The average Bonchev–Trinajstić information content (AvgIpc) is 3.02. The van der Waals surface area contributed by atoms with Crippen molar-refractivity contribution in [3.05, 3.63) is 71.5 Å². The number of hydrogen-bond acceptors (Lipinski definition) is 2. The molecule has 0 aliphatic rings. The van der Waals surface area contributed by atoms with Crippen molar-refractivity contribution in [1.29, 1.82) is 0 Å². The minimum Gasteiger partial charge on any atom is -0.497 e. The Morgan fingerprint density at radius 3 is 2.50 bits per heavy atom. The topological polar surface area (TPSA) is 55.3 Å².